The molecule has 0 N–H and O–H groups in total. The van der Waals surface area contributed by atoms with Gasteiger partial charge in [0.25, 0.3) is 0 Å². The number of aromatic nitrogens is 2. The zero-order chi connectivity index (χ0) is 10.7. The van der Waals surface area contributed by atoms with E-state index < -0.39 is 0 Å². The quantitative estimate of drug-likeness (QED) is 0.574. The van der Waals surface area contributed by atoms with E-state index in [1.807, 2.05) is 17.8 Å². The molecule has 0 amide bonds. The Balaban J connectivity index is 2.27. The highest BCUT2D eigenvalue weighted by Crippen LogP contribution is 2.18. The largest absolute Gasteiger partial charge is 0.268 e. The van der Waals surface area contributed by atoms with Gasteiger partial charge in [0, 0.05) is 18.3 Å². The van der Waals surface area contributed by atoms with Gasteiger partial charge >= 0.3 is 0 Å². The molecule has 0 saturated heterocycles. The van der Waals surface area contributed by atoms with Gasteiger partial charge < -0.3 is 0 Å². The van der Waals surface area contributed by atoms with Crippen LogP contribution in [0.2, 0.25) is 0 Å². The number of nitrogens with zero attached hydrogens (tertiary/aromatic N) is 2. The number of rotatable bonds is 4. The van der Waals surface area contributed by atoms with Gasteiger partial charge in [-0.05, 0) is 25.3 Å². The molecule has 80 valence electrons. The predicted molar refractivity (Wildman–Crippen MR) is 64.4 cm³/mol. The maximum absolute atomic E-state index is 5.67. The molecule has 3 heteroatoms. The van der Waals surface area contributed by atoms with E-state index in [4.69, 9.17) is 11.6 Å². The lowest BCUT2D eigenvalue weighted by Crippen LogP contribution is -1.92. The fourth-order valence-corrected chi connectivity index (χ4v) is 2.05. The van der Waals surface area contributed by atoms with Gasteiger partial charge in [0.2, 0.25) is 0 Å². The van der Waals surface area contributed by atoms with E-state index in [1.165, 1.54) is 16.6 Å². The summed E-state index contributed by atoms with van der Waals surface area (Å²) in [6.07, 6.45) is 3.20. The van der Waals surface area contributed by atoms with Crippen molar-refractivity contribution in [2.75, 3.05) is 5.88 Å². The van der Waals surface area contributed by atoms with Gasteiger partial charge in [-0.2, -0.15) is 5.10 Å². The topological polar surface area (TPSA) is 17.8 Å². The molecule has 0 atom stereocenters. The third-order valence-corrected chi connectivity index (χ3v) is 2.90. The molecule has 0 saturated carbocycles. The molecule has 0 aliphatic heterocycles. The van der Waals surface area contributed by atoms with Crippen LogP contribution >= 0.6 is 11.6 Å². The van der Waals surface area contributed by atoms with E-state index in [1.54, 1.807) is 0 Å². The van der Waals surface area contributed by atoms with Gasteiger partial charge in [0.1, 0.15) is 0 Å². The first-order valence-electron chi connectivity index (χ1n) is 5.29. The molecule has 0 fully saturated rings. The molecule has 1 heterocycles. The standard InChI is InChI=1S/C12H15ClN2/c1-15-12-8-3-2-6-10(12)11(14-15)7-4-5-9-13/h2-3,6,8H,4-5,7,9H2,1H3. The van der Waals surface area contributed by atoms with Gasteiger partial charge in [-0.1, -0.05) is 18.2 Å². The van der Waals surface area contributed by atoms with Crippen LogP contribution in [0.15, 0.2) is 24.3 Å². The van der Waals surface area contributed by atoms with Gasteiger partial charge in [0.15, 0.2) is 0 Å². The normalized spacial score (nSPS) is 11.1. The Kier molecular flexibility index (Phi) is 3.27. The molecular formula is C12H15ClN2. The number of hydrogen-bond donors (Lipinski definition) is 0. The fraction of sp³-hybridized carbons (Fsp3) is 0.417. The summed E-state index contributed by atoms with van der Waals surface area (Å²) < 4.78 is 1.95. The molecular weight excluding hydrogens is 208 g/mol. The molecule has 2 nitrogen and oxygen atoms in total. The number of aryl methyl sites for hydroxylation is 2. The van der Waals surface area contributed by atoms with Crippen LogP contribution in [0.3, 0.4) is 0 Å². The first kappa shape index (κ1) is 10.5. The second kappa shape index (κ2) is 4.67. The maximum Gasteiger partial charge on any atom is 0.0703 e. The van der Waals surface area contributed by atoms with Crippen molar-refractivity contribution in [3.63, 3.8) is 0 Å². The maximum atomic E-state index is 5.67. The second-order valence-corrected chi connectivity index (χ2v) is 4.11. The Morgan fingerprint density at radius 2 is 2.07 bits per heavy atom. The van der Waals surface area contributed by atoms with Crippen LogP contribution in [0.5, 0.6) is 0 Å². The molecule has 2 rings (SSSR count). The van der Waals surface area contributed by atoms with Gasteiger partial charge in [-0.3, -0.25) is 4.68 Å². The summed E-state index contributed by atoms with van der Waals surface area (Å²) in [6.45, 7) is 0. The van der Waals surface area contributed by atoms with Crippen molar-refractivity contribution < 1.29 is 0 Å². The molecule has 0 aliphatic rings. The fourth-order valence-electron chi connectivity index (χ4n) is 1.86. The number of benzene rings is 1. The first-order valence-corrected chi connectivity index (χ1v) is 5.83. The summed E-state index contributed by atoms with van der Waals surface area (Å²) in [5.41, 5.74) is 2.40. The molecule has 0 aliphatic carbocycles. The van der Waals surface area contributed by atoms with Crippen LogP contribution in [0, 0.1) is 0 Å². The summed E-state index contributed by atoms with van der Waals surface area (Å²) in [4.78, 5) is 0. The zero-order valence-electron chi connectivity index (χ0n) is 8.91. The smallest absolute Gasteiger partial charge is 0.0703 e. The highest BCUT2D eigenvalue weighted by atomic mass is 35.5. The van der Waals surface area contributed by atoms with Gasteiger partial charge in [0.05, 0.1) is 11.2 Å². The minimum Gasteiger partial charge on any atom is -0.268 e. The number of unbranched alkanes of at least 4 members (excludes halogenated alkanes) is 1. The molecule has 2 aromatic rings. The molecule has 0 unspecified atom stereocenters. The van der Waals surface area contributed by atoms with Crippen LogP contribution in [0.1, 0.15) is 18.5 Å². The van der Waals surface area contributed by atoms with Crippen LogP contribution in [-0.2, 0) is 13.5 Å². The predicted octanol–water partition coefficient (Wildman–Crippen LogP) is 3.13. The molecule has 1 aromatic carbocycles. The first-order chi connectivity index (χ1) is 7.33. The Bertz CT molecular complexity index is 448. The summed E-state index contributed by atoms with van der Waals surface area (Å²) in [7, 11) is 1.99. The summed E-state index contributed by atoms with van der Waals surface area (Å²) in [5, 5.41) is 5.81. The third kappa shape index (κ3) is 2.15. The highest BCUT2D eigenvalue weighted by molar-refractivity contribution is 6.17. The third-order valence-electron chi connectivity index (χ3n) is 2.63. The lowest BCUT2D eigenvalue weighted by atomic mass is 10.1. The number of fused-ring (bicyclic) bond motifs is 1. The Morgan fingerprint density at radius 3 is 2.87 bits per heavy atom. The Morgan fingerprint density at radius 1 is 1.27 bits per heavy atom. The average Bonchev–Trinajstić information content (AvgIpc) is 2.58. The van der Waals surface area contributed by atoms with E-state index in [2.05, 4.69) is 23.3 Å². The summed E-state index contributed by atoms with van der Waals surface area (Å²) >= 11 is 5.67. The second-order valence-electron chi connectivity index (χ2n) is 3.73. The van der Waals surface area contributed by atoms with Crippen molar-refractivity contribution in [2.45, 2.75) is 19.3 Å². The van der Waals surface area contributed by atoms with Crippen molar-refractivity contribution in [1.82, 2.24) is 9.78 Å². The number of para-hydroxylation sites is 1. The van der Waals surface area contributed by atoms with E-state index in [0.29, 0.717) is 0 Å². The van der Waals surface area contributed by atoms with Gasteiger partial charge in [-0.15, -0.1) is 11.6 Å². The Labute approximate surface area is 94.8 Å². The molecule has 0 spiro atoms. The van der Waals surface area contributed by atoms with Crippen LogP contribution in [-0.4, -0.2) is 15.7 Å². The van der Waals surface area contributed by atoms with E-state index in [0.717, 1.165) is 25.1 Å². The van der Waals surface area contributed by atoms with Crippen molar-refractivity contribution in [1.29, 1.82) is 0 Å². The lowest BCUT2D eigenvalue weighted by Gasteiger charge is -1.95. The summed E-state index contributed by atoms with van der Waals surface area (Å²) in [5.74, 6) is 0.741. The van der Waals surface area contributed by atoms with Crippen LogP contribution in [0.4, 0.5) is 0 Å². The van der Waals surface area contributed by atoms with Crippen molar-refractivity contribution in [3.8, 4) is 0 Å². The van der Waals surface area contributed by atoms with E-state index >= 15 is 0 Å². The highest BCUT2D eigenvalue weighted by Gasteiger charge is 2.06. The SMILES string of the molecule is Cn1nc(CCCCCl)c2ccccc21. The molecule has 15 heavy (non-hydrogen) atoms. The molecule has 1 aromatic heterocycles. The monoisotopic (exact) mass is 222 g/mol. The van der Waals surface area contributed by atoms with Crippen LogP contribution < -0.4 is 0 Å². The molecule has 0 bridgehead atoms. The Hall–Kier alpha value is -1.02. The minimum absolute atomic E-state index is 0.741. The molecule has 0 radical (unpaired) electrons. The number of hydrogen-bond acceptors (Lipinski definition) is 1. The van der Waals surface area contributed by atoms with Crippen molar-refractivity contribution in [3.05, 3.63) is 30.0 Å². The zero-order valence-corrected chi connectivity index (χ0v) is 9.67. The van der Waals surface area contributed by atoms with Crippen LogP contribution in [0.25, 0.3) is 10.9 Å². The van der Waals surface area contributed by atoms with Gasteiger partial charge in [-0.25, -0.2) is 0 Å². The summed E-state index contributed by atoms with van der Waals surface area (Å²) in [6, 6.07) is 8.35. The van der Waals surface area contributed by atoms with E-state index in [9.17, 15) is 0 Å². The van der Waals surface area contributed by atoms with E-state index in [-0.39, 0.29) is 0 Å². The number of halogens is 1. The van der Waals surface area contributed by atoms with Crippen molar-refractivity contribution in [2.24, 2.45) is 7.05 Å². The minimum atomic E-state index is 0.741. The lowest BCUT2D eigenvalue weighted by molar-refractivity contribution is 0.728. The average molecular weight is 223 g/mol. The van der Waals surface area contributed by atoms with Crippen molar-refractivity contribution >= 4 is 22.5 Å². The number of alkyl halides is 1.